The highest BCUT2D eigenvalue weighted by atomic mass is 31.2. The molecule has 3 N–H and O–H groups in total. The number of quaternary nitrogens is 1. The number of phosphoric ester groups is 1. The van der Waals surface area contributed by atoms with Gasteiger partial charge in [0.2, 0.25) is 0 Å². The largest absolute Gasteiger partial charge is 0.469 e. The molecule has 0 fully saturated rings. The smallest absolute Gasteiger partial charge is 0.391 e. The maximum atomic E-state index is 11.0. The van der Waals surface area contributed by atoms with Crippen LogP contribution in [0.4, 0.5) is 0 Å². The predicted molar refractivity (Wildman–Crippen MR) is 172 cm³/mol. The summed E-state index contributed by atoms with van der Waals surface area (Å²) in [4.78, 5) is 18.0. The molecule has 0 aromatic rings. The van der Waals surface area contributed by atoms with Crippen molar-refractivity contribution in [2.45, 2.75) is 148 Å². The molecule has 9 heteroatoms. The third kappa shape index (κ3) is 42.1. The minimum atomic E-state index is -4.49. The number of rotatable bonds is 30. The minimum Gasteiger partial charge on any atom is -0.391 e. The van der Waals surface area contributed by atoms with E-state index in [0.717, 1.165) is 36.7 Å². The van der Waals surface area contributed by atoms with Crippen LogP contribution in [0.5, 0.6) is 0 Å². The summed E-state index contributed by atoms with van der Waals surface area (Å²) in [5.41, 5.74) is 0. The number of hydrogen-bond acceptors (Lipinski definition) is 5. The zero-order valence-electron chi connectivity index (χ0n) is 27.8. The molecule has 0 spiro atoms. The molecule has 0 aliphatic carbocycles. The highest BCUT2D eigenvalue weighted by Crippen LogP contribution is 2.35. The Labute approximate surface area is 254 Å². The van der Waals surface area contributed by atoms with Gasteiger partial charge in [0.1, 0.15) is 12.6 Å². The van der Waals surface area contributed by atoms with E-state index in [-0.39, 0.29) is 13.2 Å². The molecule has 0 aliphatic rings. The first-order valence-corrected chi connectivity index (χ1v) is 18.4. The topological polar surface area (TPSA) is 105 Å². The predicted octanol–water partition coefficient (Wildman–Crippen LogP) is 8.02. The number of aliphatic hydroxyl groups excluding tert-OH is 1. The summed E-state index contributed by atoms with van der Waals surface area (Å²) in [6.07, 6.45) is 25.0. The van der Waals surface area contributed by atoms with Crippen LogP contribution in [-0.4, -0.2) is 86.2 Å². The summed E-state index contributed by atoms with van der Waals surface area (Å²) in [7, 11) is 1.66. The van der Waals surface area contributed by atoms with Gasteiger partial charge < -0.3 is 28.9 Å². The van der Waals surface area contributed by atoms with Gasteiger partial charge in [-0.1, -0.05) is 129 Å². The third-order valence-electron chi connectivity index (χ3n) is 7.00. The molecule has 0 aromatic heterocycles. The molecule has 8 nitrogen and oxygen atoms in total. The van der Waals surface area contributed by atoms with Crippen molar-refractivity contribution in [2.75, 3.05) is 60.7 Å². The van der Waals surface area contributed by atoms with E-state index in [0.29, 0.717) is 19.8 Å². The van der Waals surface area contributed by atoms with Gasteiger partial charge in [-0.3, -0.25) is 4.52 Å². The fourth-order valence-electron chi connectivity index (χ4n) is 4.37. The normalized spacial score (nSPS) is 12.8. The molecular formula is C32H71NO7P+. The summed E-state index contributed by atoms with van der Waals surface area (Å²) in [5.74, 6) is 0. The maximum absolute atomic E-state index is 11.0. The molecule has 0 rings (SSSR count). The number of phosphoric acid groups is 1. The van der Waals surface area contributed by atoms with Crippen LogP contribution in [0, 0.1) is 0 Å². The lowest BCUT2D eigenvalue weighted by atomic mass is 10.1. The molecule has 0 amide bonds. The van der Waals surface area contributed by atoms with E-state index < -0.39 is 13.9 Å². The molecule has 41 heavy (non-hydrogen) atoms. The fourth-order valence-corrected chi connectivity index (χ4v) is 4.73. The molecule has 0 unspecified atom stereocenters. The summed E-state index contributed by atoms with van der Waals surface area (Å²) in [6.45, 7) is 7.02. The summed E-state index contributed by atoms with van der Waals surface area (Å²) >= 11 is 0. The van der Waals surface area contributed by atoms with Crippen molar-refractivity contribution in [1.29, 1.82) is 0 Å². The Bertz CT molecular complexity index is 555. The number of ether oxygens (including phenoxy) is 2. The highest BCUT2D eigenvalue weighted by molar-refractivity contribution is 7.46. The van der Waals surface area contributed by atoms with Crippen molar-refractivity contribution in [2.24, 2.45) is 0 Å². The lowest BCUT2D eigenvalue weighted by Crippen LogP contribution is -2.36. The Balaban J connectivity index is 0. The number of unbranched alkanes of at least 4 members (excludes halogenated alkanes) is 18. The first kappa shape index (κ1) is 43.1. The minimum absolute atomic E-state index is 0.139. The van der Waals surface area contributed by atoms with Crippen molar-refractivity contribution >= 4 is 7.82 Å². The van der Waals surface area contributed by atoms with Gasteiger partial charge in [0, 0.05) is 13.2 Å². The first-order chi connectivity index (χ1) is 19.6. The number of aliphatic hydroxyl groups is 1. The van der Waals surface area contributed by atoms with E-state index in [1.165, 1.54) is 103 Å². The Morgan fingerprint density at radius 1 is 0.610 bits per heavy atom. The number of likely N-dealkylation sites (N-methyl/N-ethyl adjacent to an activating group) is 1. The Morgan fingerprint density at radius 2 is 1.00 bits per heavy atom. The molecule has 250 valence electrons. The quantitative estimate of drug-likeness (QED) is 0.0428. The van der Waals surface area contributed by atoms with Crippen molar-refractivity contribution < 1.29 is 37.9 Å². The zero-order chi connectivity index (χ0) is 31.1. The molecule has 0 aliphatic heterocycles. The summed E-state index contributed by atoms with van der Waals surface area (Å²) in [6, 6.07) is 0. The monoisotopic (exact) mass is 612 g/mol. The second kappa shape index (κ2) is 31.4. The maximum Gasteiger partial charge on any atom is 0.469 e. The molecule has 0 heterocycles. The third-order valence-corrected chi connectivity index (χ3v) is 7.48. The van der Waals surface area contributed by atoms with Crippen LogP contribution in [-0.2, 0) is 18.6 Å². The van der Waals surface area contributed by atoms with E-state index in [4.69, 9.17) is 24.4 Å². The van der Waals surface area contributed by atoms with Crippen molar-refractivity contribution in [3.63, 3.8) is 0 Å². The van der Waals surface area contributed by atoms with Crippen LogP contribution in [0.25, 0.3) is 0 Å². The van der Waals surface area contributed by atoms with Gasteiger partial charge in [0.25, 0.3) is 0 Å². The standard InChI is InChI=1S/C27H57O6P.C5H14NO/c1-3-5-7-9-11-13-15-17-19-21-23-31-25-27(26-33-34(28,29)30)32-24-22-20-18-16-14-12-10-8-6-4-2;1-6(2,3)4-5-7/h27H,3-26H2,1-2H3,(H2,28,29,30);7H,4-5H2,1-3H3/q;+1/t27-;/m1./s1. The van der Waals surface area contributed by atoms with Gasteiger partial charge in [-0.2, -0.15) is 0 Å². The van der Waals surface area contributed by atoms with Crippen LogP contribution in [0.1, 0.15) is 142 Å². The van der Waals surface area contributed by atoms with Crippen molar-refractivity contribution in [1.82, 2.24) is 0 Å². The van der Waals surface area contributed by atoms with E-state index in [1.54, 1.807) is 0 Å². The molecule has 0 bridgehead atoms. The van der Waals surface area contributed by atoms with E-state index >= 15 is 0 Å². The second-order valence-electron chi connectivity index (χ2n) is 12.5. The first-order valence-electron chi connectivity index (χ1n) is 16.9. The molecule has 0 radical (unpaired) electrons. The van der Waals surface area contributed by atoms with Crippen LogP contribution < -0.4 is 0 Å². The van der Waals surface area contributed by atoms with Crippen molar-refractivity contribution in [3.8, 4) is 0 Å². The molecule has 1 atom stereocenters. The van der Waals surface area contributed by atoms with Crippen molar-refractivity contribution in [3.05, 3.63) is 0 Å². The Hall–Kier alpha value is -0.0500. The van der Waals surface area contributed by atoms with Crippen LogP contribution in [0.2, 0.25) is 0 Å². The average Bonchev–Trinajstić information content (AvgIpc) is 2.89. The molecule has 0 saturated heterocycles. The lowest BCUT2D eigenvalue weighted by molar-refractivity contribution is -0.870. The van der Waals surface area contributed by atoms with Gasteiger partial charge in [-0.15, -0.1) is 0 Å². The van der Waals surface area contributed by atoms with Gasteiger partial charge >= 0.3 is 7.82 Å². The SMILES string of the molecule is CCCCCCCCCCCCOC[C@H](COP(=O)(O)O)OCCCCCCCCCCCC.C[N+](C)(C)CCO. The van der Waals surface area contributed by atoms with Crippen LogP contribution in [0.3, 0.4) is 0 Å². The van der Waals surface area contributed by atoms with Crippen LogP contribution in [0.15, 0.2) is 0 Å². The molecule has 0 saturated carbocycles. The van der Waals surface area contributed by atoms with E-state index in [2.05, 4.69) is 39.5 Å². The molecular weight excluding hydrogens is 541 g/mol. The zero-order valence-corrected chi connectivity index (χ0v) is 28.7. The summed E-state index contributed by atoms with van der Waals surface area (Å²) < 4.78 is 28.1. The van der Waals surface area contributed by atoms with Gasteiger partial charge in [0.15, 0.2) is 0 Å². The van der Waals surface area contributed by atoms with Gasteiger partial charge in [-0.05, 0) is 12.8 Å². The fraction of sp³-hybridized carbons (Fsp3) is 1.00. The van der Waals surface area contributed by atoms with Crippen LogP contribution >= 0.6 is 7.82 Å². The van der Waals surface area contributed by atoms with E-state index in [9.17, 15) is 4.57 Å². The van der Waals surface area contributed by atoms with Gasteiger partial charge in [0.05, 0.1) is 41.0 Å². The Kier molecular flexibility index (Phi) is 33.0. The number of hydrogen-bond donors (Lipinski definition) is 3. The van der Waals surface area contributed by atoms with Gasteiger partial charge in [-0.25, -0.2) is 4.57 Å². The molecule has 0 aromatic carbocycles. The second-order valence-corrected chi connectivity index (χ2v) is 13.7. The Morgan fingerprint density at radius 3 is 1.34 bits per heavy atom. The van der Waals surface area contributed by atoms with E-state index in [1.807, 2.05) is 0 Å². The average molecular weight is 613 g/mol. The summed E-state index contributed by atoms with van der Waals surface area (Å²) in [5, 5.41) is 8.39. The lowest BCUT2D eigenvalue weighted by Gasteiger charge is -2.21. The highest BCUT2D eigenvalue weighted by Gasteiger charge is 2.19. The number of nitrogens with zero attached hydrogens (tertiary/aromatic N) is 1.